The van der Waals surface area contributed by atoms with Crippen molar-refractivity contribution in [2.24, 2.45) is 4.99 Å². The number of aliphatic hydroxyl groups is 1. The summed E-state index contributed by atoms with van der Waals surface area (Å²) in [6, 6.07) is 0. The van der Waals surface area contributed by atoms with Crippen molar-refractivity contribution in [1.82, 2.24) is 4.90 Å². The molecule has 0 aromatic carbocycles. The number of aliphatic hydroxyl groups excluding tert-OH is 1. The van der Waals surface area contributed by atoms with E-state index in [1.807, 2.05) is 4.90 Å². The molecule has 148 valence electrons. The monoisotopic (exact) mass is 352 g/mol. The average Bonchev–Trinajstić information content (AvgIpc) is 3.13. The number of hydrogen-bond acceptors (Lipinski definition) is 3. The van der Waals surface area contributed by atoms with Gasteiger partial charge in [0.05, 0.1) is 19.5 Å². The summed E-state index contributed by atoms with van der Waals surface area (Å²) in [5.74, 6) is 0. The van der Waals surface area contributed by atoms with Gasteiger partial charge in [-0.3, -0.25) is 4.99 Å². The fourth-order valence-corrected chi connectivity index (χ4v) is 2.98. The van der Waals surface area contributed by atoms with Crippen molar-refractivity contribution in [3.8, 4) is 0 Å². The minimum absolute atomic E-state index is 0.228. The van der Waals surface area contributed by atoms with Crippen LogP contribution in [0.15, 0.2) is 17.1 Å². The molecule has 3 heteroatoms. The largest absolute Gasteiger partial charge is 0.395 e. The number of aliphatic imine (C=N–C) groups is 1. The highest BCUT2D eigenvalue weighted by molar-refractivity contribution is 5.56. The number of rotatable bonds is 15. The van der Waals surface area contributed by atoms with Crippen LogP contribution in [-0.2, 0) is 0 Å². The second-order valence-electron chi connectivity index (χ2n) is 7.03. The van der Waals surface area contributed by atoms with E-state index < -0.39 is 0 Å². The van der Waals surface area contributed by atoms with Crippen molar-refractivity contribution >= 4 is 6.34 Å². The van der Waals surface area contributed by atoms with Gasteiger partial charge in [0.25, 0.3) is 0 Å². The maximum Gasteiger partial charge on any atom is 0.0852 e. The van der Waals surface area contributed by atoms with Crippen LogP contribution in [0.5, 0.6) is 0 Å². The zero-order valence-corrected chi connectivity index (χ0v) is 17.1. The van der Waals surface area contributed by atoms with E-state index in [4.69, 9.17) is 5.11 Å². The Labute approximate surface area is 157 Å². The molecule has 0 radical (unpaired) electrons. The highest BCUT2D eigenvalue weighted by Gasteiger charge is 2.01. The summed E-state index contributed by atoms with van der Waals surface area (Å²) in [4.78, 5) is 5.97. The molecule has 1 rings (SSSR count). The Morgan fingerprint density at radius 2 is 1.48 bits per heavy atom. The molecule has 0 unspecified atom stereocenters. The summed E-state index contributed by atoms with van der Waals surface area (Å²) in [5, 5.41) is 8.42. The topological polar surface area (TPSA) is 35.8 Å². The molecule has 25 heavy (non-hydrogen) atoms. The molecule has 0 atom stereocenters. The molecule has 0 saturated heterocycles. The Bertz CT molecular complexity index is 302. The van der Waals surface area contributed by atoms with Gasteiger partial charge in [-0.15, -0.1) is 0 Å². The molecule has 0 saturated carbocycles. The first-order valence-corrected chi connectivity index (χ1v) is 10.8. The number of unbranched alkanes of at least 4 members (excludes halogenated alkanes) is 12. The van der Waals surface area contributed by atoms with Gasteiger partial charge in [-0.2, -0.15) is 0 Å². The quantitative estimate of drug-likeness (QED) is 0.291. The Morgan fingerprint density at radius 3 is 1.92 bits per heavy atom. The third kappa shape index (κ3) is 19.3. The summed E-state index contributed by atoms with van der Waals surface area (Å²) < 4.78 is 0. The second kappa shape index (κ2) is 21.2. The van der Waals surface area contributed by atoms with Crippen molar-refractivity contribution in [3.63, 3.8) is 0 Å². The molecule has 0 amide bonds. The van der Waals surface area contributed by atoms with E-state index in [1.165, 1.54) is 83.5 Å². The van der Waals surface area contributed by atoms with Crippen LogP contribution in [0, 0.1) is 0 Å². The predicted molar refractivity (Wildman–Crippen MR) is 113 cm³/mol. The summed E-state index contributed by atoms with van der Waals surface area (Å²) in [6.07, 6.45) is 24.9. The molecular formula is C22H44N2O. The van der Waals surface area contributed by atoms with E-state index in [0.717, 1.165) is 19.6 Å². The number of β-amino-alcohol motifs (C(OH)–C–C–N with tert-alkyl or cyclic N) is 1. The van der Waals surface area contributed by atoms with Crippen LogP contribution in [0.3, 0.4) is 0 Å². The molecule has 0 bridgehead atoms. The zero-order valence-electron chi connectivity index (χ0n) is 17.1. The number of allylic oxidation sites excluding steroid dienone is 2. The van der Waals surface area contributed by atoms with E-state index in [-0.39, 0.29) is 6.61 Å². The SMILES string of the molecule is CC=CCCCCCCCCCCCCCC.OCCN1C=NCC1. The van der Waals surface area contributed by atoms with Crippen LogP contribution in [-0.4, -0.2) is 42.6 Å². The van der Waals surface area contributed by atoms with Gasteiger partial charge in [-0.25, -0.2) is 0 Å². The first-order valence-electron chi connectivity index (χ1n) is 10.8. The minimum atomic E-state index is 0.228. The Hall–Kier alpha value is -0.830. The lowest BCUT2D eigenvalue weighted by molar-refractivity contribution is 0.258. The average molecular weight is 353 g/mol. The fraction of sp³-hybridized carbons (Fsp3) is 0.864. The van der Waals surface area contributed by atoms with E-state index >= 15 is 0 Å². The number of hydrogen-bond donors (Lipinski definition) is 1. The van der Waals surface area contributed by atoms with E-state index in [0.29, 0.717) is 0 Å². The lowest BCUT2D eigenvalue weighted by Gasteiger charge is -2.09. The molecular weight excluding hydrogens is 308 g/mol. The van der Waals surface area contributed by atoms with Crippen molar-refractivity contribution < 1.29 is 5.11 Å². The summed E-state index contributed by atoms with van der Waals surface area (Å²) in [6.45, 7) is 7.22. The molecule has 0 aromatic heterocycles. The van der Waals surface area contributed by atoms with Crippen LogP contribution in [0.1, 0.15) is 97.3 Å². The van der Waals surface area contributed by atoms with E-state index in [1.54, 1.807) is 6.34 Å². The highest BCUT2D eigenvalue weighted by Crippen LogP contribution is 2.12. The first kappa shape index (κ1) is 24.2. The van der Waals surface area contributed by atoms with Crippen LogP contribution < -0.4 is 0 Å². The third-order valence-electron chi connectivity index (χ3n) is 4.61. The molecule has 3 nitrogen and oxygen atoms in total. The van der Waals surface area contributed by atoms with Crippen molar-refractivity contribution in [1.29, 1.82) is 0 Å². The predicted octanol–water partition coefficient (Wildman–Crippen LogP) is 5.98. The third-order valence-corrected chi connectivity index (χ3v) is 4.61. The van der Waals surface area contributed by atoms with Gasteiger partial charge >= 0.3 is 0 Å². The molecule has 1 heterocycles. The van der Waals surface area contributed by atoms with Gasteiger partial charge in [0.2, 0.25) is 0 Å². The highest BCUT2D eigenvalue weighted by atomic mass is 16.3. The molecule has 1 aliphatic rings. The molecule has 0 aliphatic carbocycles. The van der Waals surface area contributed by atoms with E-state index in [9.17, 15) is 0 Å². The Balaban J connectivity index is 0.000000593. The van der Waals surface area contributed by atoms with Gasteiger partial charge in [0.1, 0.15) is 0 Å². The minimum Gasteiger partial charge on any atom is -0.395 e. The molecule has 0 fully saturated rings. The maximum atomic E-state index is 8.42. The smallest absolute Gasteiger partial charge is 0.0852 e. The Morgan fingerprint density at radius 1 is 0.920 bits per heavy atom. The van der Waals surface area contributed by atoms with Crippen LogP contribution >= 0.6 is 0 Å². The van der Waals surface area contributed by atoms with Gasteiger partial charge in [0.15, 0.2) is 0 Å². The van der Waals surface area contributed by atoms with Gasteiger partial charge in [0, 0.05) is 13.1 Å². The van der Waals surface area contributed by atoms with Crippen molar-refractivity contribution in [3.05, 3.63) is 12.2 Å². The van der Waals surface area contributed by atoms with Crippen LogP contribution in [0.2, 0.25) is 0 Å². The molecule has 1 N–H and O–H groups in total. The summed E-state index contributed by atoms with van der Waals surface area (Å²) >= 11 is 0. The molecule has 0 aromatic rings. The van der Waals surface area contributed by atoms with Gasteiger partial charge in [-0.05, 0) is 19.8 Å². The zero-order chi connectivity index (χ0) is 18.4. The summed E-state index contributed by atoms with van der Waals surface area (Å²) in [7, 11) is 0. The molecule has 1 aliphatic heterocycles. The number of nitrogens with zero attached hydrogens (tertiary/aromatic N) is 2. The normalized spacial score (nSPS) is 13.5. The summed E-state index contributed by atoms with van der Waals surface area (Å²) in [5.41, 5.74) is 0. The fourth-order valence-electron chi connectivity index (χ4n) is 2.98. The van der Waals surface area contributed by atoms with Gasteiger partial charge < -0.3 is 10.0 Å². The van der Waals surface area contributed by atoms with Crippen LogP contribution in [0.4, 0.5) is 0 Å². The Kier molecular flexibility index (Phi) is 20.5. The lowest BCUT2D eigenvalue weighted by Crippen LogP contribution is -2.22. The van der Waals surface area contributed by atoms with Gasteiger partial charge in [-0.1, -0.05) is 89.7 Å². The van der Waals surface area contributed by atoms with Crippen molar-refractivity contribution in [2.75, 3.05) is 26.2 Å². The maximum absolute atomic E-state index is 8.42. The standard InChI is InChI=1S/C17H34.C5H10N2O/c1-3-5-7-9-11-13-15-17-16-14-12-10-8-6-4-2;8-4-3-7-2-1-6-5-7/h3,5H,4,6-17H2,1-2H3;5,8H,1-4H2. The lowest BCUT2D eigenvalue weighted by atomic mass is 10.0. The van der Waals surface area contributed by atoms with Crippen molar-refractivity contribution in [2.45, 2.75) is 97.3 Å². The van der Waals surface area contributed by atoms with E-state index in [2.05, 4.69) is 31.0 Å². The first-order chi connectivity index (χ1) is 12.3. The molecule has 0 spiro atoms. The van der Waals surface area contributed by atoms with Crippen LogP contribution in [0.25, 0.3) is 0 Å². The second-order valence-corrected chi connectivity index (χ2v) is 7.03.